The van der Waals surface area contributed by atoms with Gasteiger partial charge in [-0.3, -0.25) is 4.79 Å². The van der Waals surface area contributed by atoms with Crippen molar-refractivity contribution >= 4 is 22.6 Å². The Labute approximate surface area is 202 Å². The molecular weight excluding hydrogens is 440 g/mol. The van der Waals surface area contributed by atoms with Gasteiger partial charge in [0.2, 0.25) is 11.8 Å². The number of fused-ring (bicyclic) bond motifs is 1. The summed E-state index contributed by atoms with van der Waals surface area (Å²) in [5.74, 6) is 1.51. The van der Waals surface area contributed by atoms with Crippen LogP contribution in [0.15, 0.2) is 98.0 Å². The molecule has 5 rings (SSSR count). The molecule has 172 valence electrons. The highest BCUT2D eigenvalue weighted by atomic mass is 16.5. The molecule has 7 nitrogen and oxygen atoms in total. The van der Waals surface area contributed by atoms with Gasteiger partial charge in [0.05, 0.1) is 7.11 Å². The summed E-state index contributed by atoms with van der Waals surface area (Å²) >= 11 is 0. The van der Waals surface area contributed by atoms with Gasteiger partial charge in [0.15, 0.2) is 0 Å². The summed E-state index contributed by atoms with van der Waals surface area (Å²) in [5, 5.41) is 3.77. The summed E-state index contributed by atoms with van der Waals surface area (Å²) in [4.78, 5) is 24.0. The van der Waals surface area contributed by atoms with Gasteiger partial charge >= 0.3 is 0 Å². The zero-order chi connectivity index (χ0) is 24.2. The van der Waals surface area contributed by atoms with Crippen molar-refractivity contribution < 1.29 is 14.3 Å². The number of amides is 1. The topological polar surface area (TPSA) is 89.1 Å². The molecule has 0 aliphatic carbocycles. The number of para-hydroxylation sites is 1. The third-order valence-corrected chi connectivity index (χ3v) is 5.46. The van der Waals surface area contributed by atoms with Crippen molar-refractivity contribution in [2.45, 2.75) is 0 Å². The van der Waals surface area contributed by atoms with Crippen LogP contribution in [0.5, 0.6) is 17.4 Å². The van der Waals surface area contributed by atoms with Crippen LogP contribution in [0.4, 0.5) is 5.69 Å². The van der Waals surface area contributed by atoms with Gasteiger partial charge in [-0.05, 0) is 53.6 Å². The maximum absolute atomic E-state index is 12.0. The standard InChI is InChI=1S/C28H22N4O3/c1-3-26(33)32-21-11-19(12-23(15-21)35-22-7-5-4-6-8-22)20-13-24-25(17-31-28(24)30-16-20)18-9-10-29-27(14-18)34-2/h3-17H,1H2,2H3,(H,30,31)(H,32,33). The molecule has 0 aliphatic heterocycles. The number of aromatic nitrogens is 3. The van der Waals surface area contributed by atoms with E-state index in [2.05, 4.69) is 32.9 Å². The van der Waals surface area contributed by atoms with Crippen molar-refractivity contribution in [3.05, 3.63) is 98.0 Å². The van der Waals surface area contributed by atoms with Crippen molar-refractivity contribution in [2.75, 3.05) is 12.4 Å². The molecule has 5 aromatic rings. The van der Waals surface area contributed by atoms with E-state index in [-0.39, 0.29) is 5.91 Å². The minimum Gasteiger partial charge on any atom is -0.481 e. The Bertz CT molecular complexity index is 1530. The van der Waals surface area contributed by atoms with Crippen molar-refractivity contribution in [3.8, 4) is 39.6 Å². The molecule has 0 spiro atoms. The fraction of sp³-hybridized carbons (Fsp3) is 0.0357. The molecule has 3 aromatic heterocycles. The first-order valence-electron chi connectivity index (χ1n) is 10.9. The number of methoxy groups -OCH3 is 1. The number of aromatic amines is 1. The van der Waals surface area contributed by atoms with Gasteiger partial charge in [-0.25, -0.2) is 9.97 Å². The molecule has 7 heteroatoms. The highest BCUT2D eigenvalue weighted by Crippen LogP contribution is 2.35. The van der Waals surface area contributed by atoms with Gasteiger partial charge in [-0.1, -0.05) is 24.8 Å². The largest absolute Gasteiger partial charge is 0.481 e. The number of ether oxygens (including phenoxy) is 2. The molecule has 0 aliphatic rings. The van der Waals surface area contributed by atoms with Crippen molar-refractivity contribution in [1.82, 2.24) is 15.0 Å². The molecule has 0 saturated heterocycles. The van der Waals surface area contributed by atoms with E-state index >= 15 is 0 Å². The summed E-state index contributed by atoms with van der Waals surface area (Å²) in [5.41, 5.74) is 5.00. The predicted molar refractivity (Wildman–Crippen MR) is 137 cm³/mol. The monoisotopic (exact) mass is 462 g/mol. The molecule has 0 atom stereocenters. The molecule has 0 fully saturated rings. The van der Waals surface area contributed by atoms with Gasteiger partial charge in [-0.15, -0.1) is 0 Å². The number of hydrogen-bond donors (Lipinski definition) is 2. The number of carbonyl (C=O) groups excluding carboxylic acids is 1. The highest BCUT2D eigenvalue weighted by molar-refractivity contribution is 6.00. The van der Waals surface area contributed by atoms with Gasteiger partial charge in [0.1, 0.15) is 17.1 Å². The Hall–Kier alpha value is -4.91. The summed E-state index contributed by atoms with van der Waals surface area (Å²) in [6, 6.07) is 20.9. The molecule has 0 bridgehead atoms. The Morgan fingerprint density at radius 1 is 0.971 bits per heavy atom. The number of anilines is 1. The summed E-state index contributed by atoms with van der Waals surface area (Å²) in [6.07, 6.45) is 6.65. The summed E-state index contributed by atoms with van der Waals surface area (Å²) in [6.45, 7) is 3.54. The minimum absolute atomic E-state index is 0.305. The normalized spacial score (nSPS) is 10.7. The molecule has 3 heterocycles. The third-order valence-electron chi connectivity index (χ3n) is 5.46. The van der Waals surface area contributed by atoms with Crippen molar-refractivity contribution in [3.63, 3.8) is 0 Å². The Balaban J connectivity index is 1.59. The van der Waals surface area contributed by atoms with Crippen LogP contribution in [0, 0.1) is 0 Å². The quantitative estimate of drug-likeness (QED) is 0.280. The molecule has 2 aromatic carbocycles. The highest BCUT2D eigenvalue weighted by Gasteiger charge is 2.12. The average Bonchev–Trinajstić information content (AvgIpc) is 3.32. The third kappa shape index (κ3) is 4.74. The van der Waals surface area contributed by atoms with Crippen LogP contribution < -0.4 is 14.8 Å². The average molecular weight is 463 g/mol. The SMILES string of the molecule is C=CC(=O)Nc1cc(Oc2ccccc2)cc(-c2cnc3[nH]cc(-c4ccnc(OC)c4)c3c2)c1. The second kappa shape index (κ2) is 9.52. The lowest BCUT2D eigenvalue weighted by Gasteiger charge is -2.12. The first-order valence-corrected chi connectivity index (χ1v) is 10.9. The molecule has 35 heavy (non-hydrogen) atoms. The van der Waals surface area contributed by atoms with Gasteiger partial charge in [-0.2, -0.15) is 0 Å². The van der Waals surface area contributed by atoms with Crippen molar-refractivity contribution in [1.29, 1.82) is 0 Å². The lowest BCUT2D eigenvalue weighted by molar-refractivity contribution is -0.111. The van der Waals surface area contributed by atoms with E-state index < -0.39 is 0 Å². The molecule has 0 unspecified atom stereocenters. The van der Waals surface area contributed by atoms with E-state index in [0.29, 0.717) is 23.1 Å². The first kappa shape index (κ1) is 21.9. The van der Waals surface area contributed by atoms with Crippen LogP contribution in [0.2, 0.25) is 0 Å². The molecule has 1 amide bonds. The van der Waals surface area contributed by atoms with Crippen LogP contribution in [-0.4, -0.2) is 28.0 Å². The van der Waals surface area contributed by atoms with Gasteiger partial charge < -0.3 is 19.8 Å². The Morgan fingerprint density at radius 3 is 2.63 bits per heavy atom. The molecule has 0 saturated carbocycles. The van der Waals surface area contributed by atoms with E-state index in [0.717, 1.165) is 33.3 Å². The number of rotatable bonds is 7. The van der Waals surface area contributed by atoms with E-state index in [1.807, 2.05) is 60.8 Å². The van der Waals surface area contributed by atoms with Gasteiger partial charge in [0.25, 0.3) is 0 Å². The second-order valence-electron chi connectivity index (χ2n) is 7.76. The van der Waals surface area contributed by atoms with Crippen LogP contribution in [0.1, 0.15) is 0 Å². The smallest absolute Gasteiger partial charge is 0.247 e. The molecule has 2 N–H and O–H groups in total. The van der Waals surface area contributed by atoms with Crippen LogP contribution >= 0.6 is 0 Å². The van der Waals surface area contributed by atoms with E-state index in [1.165, 1.54) is 6.08 Å². The lowest BCUT2D eigenvalue weighted by Crippen LogP contribution is -2.07. The number of nitrogens with one attached hydrogen (secondary N) is 2. The summed E-state index contributed by atoms with van der Waals surface area (Å²) < 4.78 is 11.3. The maximum atomic E-state index is 12.0. The van der Waals surface area contributed by atoms with Crippen molar-refractivity contribution in [2.24, 2.45) is 0 Å². The number of H-pyrrole nitrogens is 1. The number of carbonyl (C=O) groups is 1. The fourth-order valence-corrected chi connectivity index (χ4v) is 3.80. The zero-order valence-corrected chi connectivity index (χ0v) is 19.0. The van der Waals surface area contributed by atoms with E-state index in [4.69, 9.17) is 9.47 Å². The Kier molecular flexibility index (Phi) is 5.96. The number of benzene rings is 2. The predicted octanol–water partition coefficient (Wildman–Crippen LogP) is 6.22. The van der Waals surface area contributed by atoms with Crippen LogP contribution in [-0.2, 0) is 4.79 Å². The fourth-order valence-electron chi connectivity index (χ4n) is 3.80. The van der Waals surface area contributed by atoms with Crippen LogP contribution in [0.3, 0.4) is 0 Å². The van der Waals surface area contributed by atoms with E-state index in [9.17, 15) is 4.79 Å². The van der Waals surface area contributed by atoms with Crippen LogP contribution in [0.25, 0.3) is 33.3 Å². The maximum Gasteiger partial charge on any atom is 0.247 e. The number of hydrogen-bond acceptors (Lipinski definition) is 5. The summed E-state index contributed by atoms with van der Waals surface area (Å²) in [7, 11) is 1.59. The molecule has 0 radical (unpaired) electrons. The lowest BCUT2D eigenvalue weighted by atomic mass is 10.0. The minimum atomic E-state index is -0.305. The zero-order valence-electron chi connectivity index (χ0n) is 19.0. The number of nitrogens with zero attached hydrogens (tertiary/aromatic N) is 2. The first-order chi connectivity index (χ1) is 17.1. The number of pyridine rings is 2. The molecular formula is C28H22N4O3. The van der Waals surface area contributed by atoms with E-state index in [1.54, 1.807) is 25.6 Å². The van der Waals surface area contributed by atoms with Gasteiger partial charge in [0, 0.05) is 52.9 Å². The Morgan fingerprint density at radius 2 is 1.83 bits per heavy atom. The second-order valence-corrected chi connectivity index (χ2v) is 7.76.